The SMILES string of the molecule is CNc1cc(-c2ccc(C#N)c(F)c2)n(-c2ccc(N3CCS(=O)CC3)cc2)n1.NC1CCCCC1. The number of rotatable bonds is 4. The third-order valence-corrected chi connectivity index (χ3v) is 7.91. The molecular weight excluding hydrogens is 475 g/mol. The quantitative estimate of drug-likeness (QED) is 0.541. The van der Waals surface area contributed by atoms with Gasteiger partial charge in [-0.3, -0.25) is 4.21 Å². The van der Waals surface area contributed by atoms with Crippen LogP contribution >= 0.6 is 0 Å². The normalized spacial score (nSPS) is 16.7. The van der Waals surface area contributed by atoms with Crippen molar-refractivity contribution in [2.24, 2.45) is 5.73 Å². The Morgan fingerprint density at radius 2 is 1.72 bits per heavy atom. The van der Waals surface area contributed by atoms with Crippen LogP contribution in [0.25, 0.3) is 16.9 Å². The van der Waals surface area contributed by atoms with Gasteiger partial charge < -0.3 is 16.0 Å². The molecule has 0 radical (unpaired) electrons. The summed E-state index contributed by atoms with van der Waals surface area (Å²) < 4.78 is 27.5. The number of nitrogens with one attached hydrogen (secondary N) is 1. The van der Waals surface area contributed by atoms with E-state index in [2.05, 4.69) is 15.3 Å². The first-order chi connectivity index (χ1) is 17.5. The Kier molecular flexibility index (Phi) is 8.73. The highest BCUT2D eigenvalue weighted by molar-refractivity contribution is 7.85. The molecule has 2 fully saturated rings. The standard InChI is InChI=1S/C21H20FN5OS.C6H13N/c1-24-21-13-20(15-2-3-16(14-23)19(22)12-15)27(25-21)18-6-4-17(5-7-18)26-8-10-29(28)11-9-26;7-6-4-2-1-3-5-6/h2-7,12-13H,8-11H2,1H3,(H,24,25);6H,1-5,7H2. The van der Waals surface area contributed by atoms with E-state index in [1.54, 1.807) is 17.8 Å². The van der Waals surface area contributed by atoms with E-state index in [1.807, 2.05) is 36.4 Å². The van der Waals surface area contributed by atoms with E-state index < -0.39 is 16.6 Å². The molecule has 1 aliphatic heterocycles. The highest BCUT2D eigenvalue weighted by atomic mass is 32.2. The fourth-order valence-electron chi connectivity index (χ4n) is 4.51. The second-order valence-corrected chi connectivity index (χ2v) is 10.8. The van der Waals surface area contributed by atoms with E-state index in [0.717, 1.165) is 30.2 Å². The van der Waals surface area contributed by atoms with Crippen LogP contribution in [0.3, 0.4) is 0 Å². The van der Waals surface area contributed by atoms with Crippen molar-refractivity contribution in [2.45, 2.75) is 38.1 Å². The largest absolute Gasteiger partial charge is 0.372 e. The number of nitrogens with zero attached hydrogens (tertiary/aromatic N) is 4. The van der Waals surface area contributed by atoms with Crippen LogP contribution < -0.4 is 16.0 Å². The lowest BCUT2D eigenvalue weighted by molar-refractivity contribution is 0.441. The molecule has 2 aliphatic rings. The third kappa shape index (κ3) is 6.31. The van der Waals surface area contributed by atoms with Gasteiger partial charge in [0.05, 0.1) is 16.9 Å². The van der Waals surface area contributed by atoms with Crippen molar-refractivity contribution in [3.63, 3.8) is 0 Å². The Morgan fingerprint density at radius 1 is 1.06 bits per heavy atom. The average molecular weight is 509 g/mol. The van der Waals surface area contributed by atoms with Crippen molar-refractivity contribution >= 4 is 22.3 Å². The molecule has 0 bridgehead atoms. The maximum Gasteiger partial charge on any atom is 0.148 e. The minimum absolute atomic E-state index is 0.0143. The lowest BCUT2D eigenvalue weighted by atomic mass is 9.97. The number of aromatic nitrogens is 2. The summed E-state index contributed by atoms with van der Waals surface area (Å²) in [6, 6.07) is 16.8. The van der Waals surface area contributed by atoms with Gasteiger partial charge in [-0.2, -0.15) is 5.26 Å². The van der Waals surface area contributed by atoms with Crippen molar-refractivity contribution < 1.29 is 8.60 Å². The maximum atomic E-state index is 14.2. The van der Waals surface area contributed by atoms with Gasteiger partial charge in [-0.25, -0.2) is 9.07 Å². The molecule has 2 heterocycles. The highest BCUT2D eigenvalue weighted by Gasteiger charge is 2.17. The molecule has 7 nitrogen and oxygen atoms in total. The Morgan fingerprint density at radius 3 is 2.28 bits per heavy atom. The fraction of sp³-hybridized carbons (Fsp3) is 0.407. The van der Waals surface area contributed by atoms with Gasteiger partial charge in [0.1, 0.15) is 17.7 Å². The van der Waals surface area contributed by atoms with Gasteiger partial charge >= 0.3 is 0 Å². The number of hydrogen-bond acceptors (Lipinski definition) is 6. The van der Waals surface area contributed by atoms with Crippen LogP contribution in [0.2, 0.25) is 0 Å². The van der Waals surface area contributed by atoms with Crippen LogP contribution in [-0.4, -0.2) is 51.7 Å². The summed E-state index contributed by atoms with van der Waals surface area (Å²) in [6.45, 7) is 1.57. The zero-order valence-corrected chi connectivity index (χ0v) is 21.4. The molecule has 5 rings (SSSR count). The number of hydrogen-bond donors (Lipinski definition) is 2. The zero-order valence-electron chi connectivity index (χ0n) is 20.6. The molecule has 9 heteroatoms. The predicted molar refractivity (Wildman–Crippen MR) is 144 cm³/mol. The fourth-order valence-corrected chi connectivity index (χ4v) is 5.56. The second kappa shape index (κ2) is 12.2. The summed E-state index contributed by atoms with van der Waals surface area (Å²) in [6.07, 6.45) is 6.66. The first-order valence-electron chi connectivity index (χ1n) is 12.4. The molecule has 0 spiro atoms. The van der Waals surface area contributed by atoms with Gasteiger partial charge in [0, 0.05) is 65.8 Å². The van der Waals surface area contributed by atoms with Crippen LogP contribution in [0.5, 0.6) is 0 Å². The Labute approximate surface area is 214 Å². The molecule has 3 aromatic rings. The van der Waals surface area contributed by atoms with E-state index in [9.17, 15) is 8.60 Å². The van der Waals surface area contributed by atoms with E-state index >= 15 is 0 Å². The van der Waals surface area contributed by atoms with E-state index in [1.165, 1.54) is 44.2 Å². The number of halogens is 1. The van der Waals surface area contributed by atoms with Gasteiger partial charge in [-0.1, -0.05) is 25.3 Å². The average Bonchev–Trinajstić information content (AvgIpc) is 3.35. The van der Waals surface area contributed by atoms with Crippen molar-refractivity contribution in [1.82, 2.24) is 9.78 Å². The topological polar surface area (TPSA) is 100.0 Å². The lowest BCUT2D eigenvalue weighted by Crippen LogP contribution is -2.37. The van der Waals surface area contributed by atoms with Crippen LogP contribution in [0, 0.1) is 17.1 Å². The number of nitriles is 1. The van der Waals surface area contributed by atoms with Gasteiger partial charge in [0.15, 0.2) is 0 Å². The predicted octanol–water partition coefficient (Wildman–Crippen LogP) is 4.44. The van der Waals surface area contributed by atoms with Crippen LogP contribution in [-0.2, 0) is 10.8 Å². The summed E-state index contributed by atoms with van der Waals surface area (Å²) in [7, 11) is 1.07. The van der Waals surface area contributed by atoms with Crippen LogP contribution in [0.15, 0.2) is 48.5 Å². The van der Waals surface area contributed by atoms with E-state index in [0.29, 0.717) is 28.9 Å². The number of benzene rings is 2. The molecule has 2 aromatic carbocycles. The number of anilines is 2. The van der Waals surface area contributed by atoms with Gasteiger partial charge in [0.2, 0.25) is 0 Å². The van der Waals surface area contributed by atoms with Crippen molar-refractivity contribution in [3.05, 3.63) is 59.9 Å². The maximum absolute atomic E-state index is 14.2. The molecule has 0 unspecified atom stereocenters. The summed E-state index contributed by atoms with van der Waals surface area (Å²) in [5, 5.41) is 16.5. The van der Waals surface area contributed by atoms with Crippen LogP contribution in [0.4, 0.5) is 15.9 Å². The molecule has 1 saturated carbocycles. The summed E-state index contributed by atoms with van der Waals surface area (Å²) in [5.41, 5.74) is 8.93. The highest BCUT2D eigenvalue weighted by Crippen LogP contribution is 2.28. The molecule has 0 atom stereocenters. The Bertz CT molecular complexity index is 1220. The summed E-state index contributed by atoms with van der Waals surface area (Å²) >= 11 is 0. The Hall–Kier alpha value is -3.22. The second-order valence-electron chi connectivity index (χ2n) is 9.13. The molecule has 1 aliphatic carbocycles. The Balaban J connectivity index is 0.000000375. The molecular formula is C27H33FN6OS. The summed E-state index contributed by atoms with van der Waals surface area (Å²) in [4.78, 5) is 2.23. The first-order valence-corrected chi connectivity index (χ1v) is 13.9. The van der Waals surface area contributed by atoms with Gasteiger partial charge in [-0.15, -0.1) is 5.10 Å². The molecule has 1 saturated heterocycles. The summed E-state index contributed by atoms with van der Waals surface area (Å²) in [5.74, 6) is 1.50. The van der Waals surface area contributed by atoms with Gasteiger partial charge in [-0.05, 0) is 49.2 Å². The van der Waals surface area contributed by atoms with E-state index in [-0.39, 0.29) is 5.56 Å². The molecule has 190 valence electrons. The third-order valence-electron chi connectivity index (χ3n) is 6.64. The minimum atomic E-state index is -0.709. The van der Waals surface area contributed by atoms with Gasteiger partial charge in [0.25, 0.3) is 0 Å². The first kappa shape index (κ1) is 25.9. The molecule has 1 aromatic heterocycles. The number of nitrogens with two attached hydrogens (primary N) is 1. The van der Waals surface area contributed by atoms with Crippen LogP contribution in [0.1, 0.15) is 37.7 Å². The van der Waals surface area contributed by atoms with Crippen molar-refractivity contribution in [1.29, 1.82) is 5.26 Å². The molecule has 36 heavy (non-hydrogen) atoms. The van der Waals surface area contributed by atoms with Crippen molar-refractivity contribution in [2.75, 3.05) is 41.9 Å². The lowest BCUT2D eigenvalue weighted by Gasteiger charge is -2.28. The smallest absolute Gasteiger partial charge is 0.148 e. The minimum Gasteiger partial charge on any atom is -0.372 e. The van der Waals surface area contributed by atoms with Crippen molar-refractivity contribution in [3.8, 4) is 23.0 Å². The van der Waals surface area contributed by atoms with E-state index in [4.69, 9.17) is 11.0 Å². The zero-order chi connectivity index (χ0) is 25.5. The molecule has 0 amide bonds. The molecule has 3 N–H and O–H groups in total. The monoisotopic (exact) mass is 508 g/mol.